The van der Waals surface area contributed by atoms with E-state index in [2.05, 4.69) is 0 Å². The van der Waals surface area contributed by atoms with Crippen molar-refractivity contribution in [3.63, 3.8) is 0 Å². The lowest BCUT2D eigenvalue weighted by Gasteiger charge is -2.29. The summed E-state index contributed by atoms with van der Waals surface area (Å²) in [6.07, 6.45) is 1.73. The molecule has 0 saturated carbocycles. The molecule has 5 nitrogen and oxygen atoms in total. The number of nitrogens with zero attached hydrogens (tertiary/aromatic N) is 1. The lowest BCUT2D eigenvalue weighted by atomic mass is 10.0. The molecule has 28 heavy (non-hydrogen) atoms. The van der Waals surface area contributed by atoms with Crippen LogP contribution in [0.4, 0.5) is 5.69 Å². The summed E-state index contributed by atoms with van der Waals surface area (Å²) < 4.78 is 11.4. The topological polar surface area (TPSA) is 55.8 Å². The molecule has 0 radical (unpaired) electrons. The largest absolute Gasteiger partial charge is 0.497 e. The van der Waals surface area contributed by atoms with Crippen molar-refractivity contribution >= 4 is 50.6 Å². The predicted molar refractivity (Wildman–Crippen MR) is 111 cm³/mol. The fourth-order valence-corrected chi connectivity index (χ4v) is 4.78. The number of methoxy groups -OCH3 is 1. The molecule has 1 amide bonds. The SMILES string of the molecule is COc1ccc2c(c1)CCCN2C(=O)COC(=O)c1sc2ccccc2c1Cl. The first-order valence-electron chi connectivity index (χ1n) is 8.90. The van der Waals surface area contributed by atoms with Crippen molar-refractivity contribution < 1.29 is 19.1 Å². The Morgan fingerprint density at radius 2 is 2.04 bits per heavy atom. The molecule has 0 aliphatic carbocycles. The third kappa shape index (κ3) is 3.45. The minimum atomic E-state index is -0.577. The third-order valence-corrected chi connectivity index (χ3v) is 6.41. The maximum Gasteiger partial charge on any atom is 0.350 e. The van der Waals surface area contributed by atoms with Crippen LogP contribution in [0, 0.1) is 0 Å². The van der Waals surface area contributed by atoms with Gasteiger partial charge in [-0.25, -0.2) is 4.79 Å². The molecule has 3 aromatic rings. The van der Waals surface area contributed by atoms with Gasteiger partial charge in [-0.05, 0) is 42.7 Å². The van der Waals surface area contributed by atoms with Crippen molar-refractivity contribution in [3.8, 4) is 5.75 Å². The number of fused-ring (bicyclic) bond motifs is 2. The van der Waals surface area contributed by atoms with Crippen LogP contribution in [-0.4, -0.2) is 32.1 Å². The monoisotopic (exact) mass is 415 g/mol. The third-order valence-electron chi connectivity index (χ3n) is 4.75. The lowest BCUT2D eigenvalue weighted by molar-refractivity contribution is -0.121. The summed E-state index contributed by atoms with van der Waals surface area (Å²) in [7, 11) is 1.62. The van der Waals surface area contributed by atoms with E-state index in [0.29, 0.717) is 16.4 Å². The summed E-state index contributed by atoms with van der Waals surface area (Å²) in [5, 5.41) is 1.18. The second kappa shape index (κ2) is 7.81. The molecule has 4 rings (SSSR count). The van der Waals surface area contributed by atoms with E-state index in [4.69, 9.17) is 21.1 Å². The second-order valence-corrected chi connectivity index (χ2v) is 7.89. The quantitative estimate of drug-likeness (QED) is 0.579. The standard InChI is InChI=1S/C21H18ClNO4S/c1-26-14-8-9-16-13(11-14)5-4-10-23(16)18(24)12-27-21(25)20-19(22)15-6-2-3-7-17(15)28-20/h2-3,6-9,11H,4-5,10,12H2,1H3. The van der Waals surface area contributed by atoms with Gasteiger partial charge < -0.3 is 14.4 Å². The highest BCUT2D eigenvalue weighted by molar-refractivity contribution is 7.21. The summed E-state index contributed by atoms with van der Waals surface area (Å²) in [5.74, 6) is -0.0675. The number of carbonyl (C=O) groups excluding carboxylic acids is 2. The number of esters is 1. The van der Waals surface area contributed by atoms with Crippen molar-refractivity contribution in [2.24, 2.45) is 0 Å². The Morgan fingerprint density at radius 3 is 2.82 bits per heavy atom. The van der Waals surface area contributed by atoms with E-state index < -0.39 is 5.97 Å². The van der Waals surface area contributed by atoms with Crippen LogP contribution in [0.5, 0.6) is 5.75 Å². The number of halogens is 1. The first-order chi connectivity index (χ1) is 13.6. The molecule has 0 spiro atoms. The van der Waals surface area contributed by atoms with Crippen LogP contribution in [0.1, 0.15) is 21.7 Å². The molecule has 0 unspecified atom stereocenters. The Balaban J connectivity index is 1.47. The van der Waals surface area contributed by atoms with Gasteiger partial charge in [-0.3, -0.25) is 4.79 Å². The Bertz CT molecular complexity index is 1060. The number of hydrogen-bond acceptors (Lipinski definition) is 5. The number of thiophene rings is 1. The molecule has 0 N–H and O–H groups in total. The minimum absolute atomic E-state index is 0.253. The number of benzene rings is 2. The van der Waals surface area contributed by atoms with Gasteiger partial charge >= 0.3 is 5.97 Å². The number of hydrogen-bond donors (Lipinski definition) is 0. The van der Waals surface area contributed by atoms with Crippen LogP contribution >= 0.6 is 22.9 Å². The molecular formula is C21H18ClNO4S. The number of ether oxygens (including phenoxy) is 2. The Kier molecular flexibility index (Phi) is 5.24. The fourth-order valence-electron chi connectivity index (χ4n) is 3.38. The molecular weight excluding hydrogens is 398 g/mol. The van der Waals surface area contributed by atoms with Crippen LogP contribution < -0.4 is 9.64 Å². The maximum atomic E-state index is 12.7. The highest BCUT2D eigenvalue weighted by Crippen LogP contribution is 2.35. The fraction of sp³-hybridized carbons (Fsp3) is 0.238. The van der Waals surface area contributed by atoms with Crippen molar-refractivity contribution in [1.82, 2.24) is 0 Å². The zero-order valence-electron chi connectivity index (χ0n) is 15.2. The molecule has 0 saturated heterocycles. The van der Waals surface area contributed by atoms with Gasteiger partial charge in [0.25, 0.3) is 5.91 Å². The number of carbonyl (C=O) groups is 2. The van der Waals surface area contributed by atoms with Crippen molar-refractivity contribution in [3.05, 3.63) is 57.9 Å². The van der Waals surface area contributed by atoms with E-state index in [9.17, 15) is 9.59 Å². The van der Waals surface area contributed by atoms with E-state index >= 15 is 0 Å². The molecule has 0 bridgehead atoms. The second-order valence-electron chi connectivity index (χ2n) is 6.46. The van der Waals surface area contributed by atoms with Crippen LogP contribution in [0.2, 0.25) is 5.02 Å². The molecule has 2 heterocycles. The van der Waals surface area contributed by atoms with Gasteiger partial charge in [-0.15, -0.1) is 11.3 Å². The summed E-state index contributed by atoms with van der Waals surface area (Å²) >= 11 is 7.58. The smallest absolute Gasteiger partial charge is 0.350 e. The number of aryl methyl sites for hydroxylation is 1. The average Bonchev–Trinajstić information content (AvgIpc) is 3.07. The highest BCUT2D eigenvalue weighted by atomic mass is 35.5. The minimum Gasteiger partial charge on any atom is -0.497 e. The Labute approximate surface area is 171 Å². The lowest BCUT2D eigenvalue weighted by Crippen LogP contribution is -2.38. The summed E-state index contributed by atoms with van der Waals surface area (Å²) in [4.78, 5) is 27.1. The predicted octanol–water partition coefficient (Wildman–Crippen LogP) is 4.70. The average molecular weight is 416 g/mol. The van der Waals surface area contributed by atoms with Crippen LogP contribution in [0.25, 0.3) is 10.1 Å². The molecule has 1 aliphatic rings. The van der Waals surface area contributed by atoms with E-state index in [1.54, 1.807) is 12.0 Å². The van der Waals surface area contributed by atoms with Gasteiger partial charge in [0.05, 0.1) is 12.1 Å². The highest BCUT2D eigenvalue weighted by Gasteiger charge is 2.25. The van der Waals surface area contributed by atoms with Crippen molar-refractivity contribution in [1.29, 1.82) is 0 Å². The molecule has 7 heteroatoms. The summed E-state index contributed by atoms with van der Waals surface area (Å²) in [6.45, 7) is 0.272. The summed E-state index contributed by atoms with van der Waals surface area (Å²) in [6, 6.07) is 13.1. The van der Waals surface area contributed by atoms with Crippen LogP contribution in [0.3, 0.4) is 0 Å². The Hall–Kier alpha value is -2.57. The number of anilines is 1. The van der Waals surface area contributed by atoms with Crippen LogP contribution in [0.15, 0.2) is 42.5 Å². The van der Waals surface area contributed by atoms with Gasteiger partial charge in [0.1, 0.15) is 10.6 Å². The molecule has 0 atom stereocenters. The van der Waals surface area contributed by atoms with Crippen LogP contribution in [-0.2, 0) is 16.0 Å². The maximum absolute atomic E-state index is 12.7. The molecule has 1 aliphatic heterocycles. The summed E-state index contributed by atoms with van der Waals surface area (Å²) in [5.41, 5.74) is 1.89. The van der Waals surface area contributed by atoms with Gasteiger partial charge in [0.15, 0.2) is 6.61 Å². The van der Waals surface area contributed by atoms with Gasteiger partial charge in [-0.1, -0.05) is 29.8 Å². The van der Waals surface area contributed by atoms with Crippen molar-refractivity contribution in [2.75, 3.05) is 25.2 Å². The Morgan fingerprint density at radius 1 is 1.21 bits per heavy atom. The number of amides is 1. The first-order valence-corrected chi connectivity index (χ1v) is 10.1. The van der Waals surface area contributed by atoms with Gasteiger partial charge in [0.2, 0.25) is 0 Å². The van der Waals surface area contributed by atoms with E-state index in [-0.39, 0.29) is 12.5 Å². The zero-order valence-corrected chi connectivity index (χ0v) is 16.8. The normalized spacial score (nSPS) is 13.3. The first kappa shape index (κ1) is 18.8. The number of rotatable bonds is 4. The van der Waals surface area contributed by atoms with Gasteiger partial charge in [-0.2, -0.15) is 0 Å². The van der Waals surface area contributed by atoms with E-state index in [0.717, 1.165) is 39.9 Å². The molecule has 0 fully saturated rings. The molecule has 1 aromatic heterocycles. The van der Waals surface area contributed by atoms with E-state index in [1.807, 2.05) is 42.5 Å². The van der Waals surface area contributed by atoms with Crippen molar-refractivity contribution in [2.45, 2.75) is 12.8 Å². The molecule has 144 valence electrons. The molecule has 2 aromatic carbocycles. The van der Waals surface area contributed by atoms with E-state index in [1.165, 1.54) is 11.3 Å². The van der Waals surface area contributed by atoms with Gasteiger partial charge in [0, 0.05) is 22.3 Å². The zero-order chi connectivity index (χ0) is 19.7.